The normalized spacial score (nSPS) is 13.1. The fourth-order valence-corrected chi connectivity index (χ4v) is 2.63. The van der Waals surface area contributed by atoms with E-state index in [2.05, 4.69) is 11.4 Å². The number of carbonyl (C=O) groups is 1. The van der Waals surface area contributed by atoms with Crippen LogP contribution in [-0.4, -0.2) is 12.3 Å². The molecule has 2 nitrogen and oxygen atoms in total. The number of anilines is 1. The van der Waals surface area contributed by atoms with Gasteiger partial charge in [0.25, 0.3) is 0 Å². The van der Waals surface area contributed by atoms with E-state index in [1.165, 1.54) is 29.7 Å². The van der Waals surface area contributed by atoms with Crippen molar-refractivity contribution in [2.24, 2.45) is 0 Å². The fourth-order valence-electron chi connectivity index (χ4n) is 2.63. The zero-order valence-corrected chi connectivity index (χ0v) is 11.2. The molecule has 1 aliphatic carbocycles. The summed E-state index contributed by atoms with van der Waals surface area (Å²) >= 11 is 0. The van der Waals surface area contributed by atoms with Crippen LogP contribution in [0.2, 0.25) is 0 Å². The van der Waals surface area contributed by atoms with Crippen LogP contribution in [0, 0.1) is 5.82 Å². The Morgan fingerprint density at radius 2 is 1.95 bits per heavy atom. The van der Waals surface area contributed by atoms with Crippen molar-refractivity contribution in [3.8, 4) is 0 Å². The first-order chi connectivity index (χ1) is 9.72. The quantitative estimate of drug-likeness (QED) is 0.859. The topological polar surface area (TPSA) is 29.1 Å². The predicted octanol–water partition coefficient (Wildman–Crippen LogP) is 3.61. The van der Waals surface area contributed by atoms with Crippen molar-refractivity contribution in [3.63, 3.8) is 0 Å². The maximum absolute atomic E-state index is 13.0. The molecule has 2 aromatic rings. The SMILES string of the molecule is O=C(CNc1cccc(F)c1)c1ccc2c(c1)CCC2. The summed E-state index contributed by atoms with van der Waals surface area (Å²) in [6.07, 6.45) is 3.35. The van der Waals surface area contributed by atoms with Crippen molar-refractivity contribution in [3.05, 3.63) is 65.0 Å². The maximum atomic E-state index is 13.0. The molecule has 0 saturated heterocycles. The number of carbonyl (C=O) groups excluding carboxylic acids is 1. The van der Waals surface area contributed by atoms with Crippen molar-refractivity contribution in [1.29, 1.82) is 0 Å². The van der Waals surface area contributed by atoms with Gasteiger partial charge in [-0.3, -0.25) is 4.79 Å². The number of benzene rings is 2. The third kappa shape index (κ3) is 2.72. The van der Waals surface area contributed by atoms with Crippen molar-refractivity contribution in [2.45, 2.75) is 19.3 Å². The van der Waals surface area contributed by atoms with Crippen LogP contribution < -0.4 is 5.32 Å². The van der Waals surface area contributed by atoms with Gasteiger partial charge in [-0.2, -0.15) is 0 Å². The molecule has 20 heavy (non-hydrogen) atoms. The fraction of sp³-hybridized carbons (Fsp3) is 0.235. The molecule has 0 aliphatic heterocycles. The lowest BCUT2D eigenvalue weighted by Gasteiger charge is -2.07. The lowest BCUT2D eigenvalue weighted by Crippen LogP contribution is -2.14. The van der Waals surface area contributed by atoms with E-state index in [-0.39, 0.29) is 18.1 Å². The Morgan fingerprint density at radius 3 is 2.80 bits per heavy atom. The van der Waals surface area contributed by atoms with Gasteiger partial charge in [0.15, 0.2) is 5.78 Å². The van der Waals surface area contributed by atoms with Gasteiger partial charge in [0, 0.05) is 11.3 Å². The average molecular weight is 269 g/mol. The van der Waals surface area contributed by atoms with Crippen molar-refractivity contribution < 1.29 is 9.18 Å². The molecule has 0 aromatic heterocycles. The van der Waals surface area contributed by atoms with Crippen LogP contribution >= 0.6 is 0 Å². The predicted molar refractivity (Wildman–Crippen MR) is 77.7 cm³/mol. The highest BCUT2D eigenvalue weighted by atomic mass is 19.1. The van der Waals surface area contributed by atoms with E-state index in [9.17, 15) is 9.18 Å². The molecule has 1 aliphatic rings. The standard InChI is InChI=1S/C17H16FNO/c18-15-5-2-6-16(10-15)19-11-17(20)14-8-7-12-3-1-4-13(12)9-14/h2,5-10,19H,1,3-4,11H2. The molecule has 0 atom stereocenters. The minimum Gasteiger partial charge on any atom is -0.377 e. The van der Waals surface area contributed by atoms with E-state index in [4.69, 9.17) is 0 Å². The van der Waals surface area contributed by atoms with Gasteiger partial charge < -0.3 is 5.32 Å². The van der Waals surface area contributed by atoms with Crippen LogP contribution in [0.25, 0.3) is 0 Å². The van der Waals surface area contributed by atoms with Crippen LogP contribution in [0.5, 0.6) is 0 Å². The second-order valence-corrected chi connectivity index (χ2v) is 5.12. The van der Waals surface area contributed by atoms with E-state index in [1.54, 1.807) is 12.1 Å². The summed E-state index contributed by atoms with van der Waals surface area (Å²) in [5, 5.41) is 2.96. The van der Waals surface area contributed by atoms with E-state index in [1.807, 2.05) is 12.1 Å². The molecular weight excluding hydrogens is 253 g/mol. The van der Waals surface area contributed by atoms with Gasteiger partial charge in [-0.05, 0) is 54.7 Å². The summed E-state index contributed by atoms with van der Waals surface area (Å²) in [4.78, 5) is 12.1. The third-order valence-electron chi connectivity index (χ3n) is 3.70. The van der Waals surface area contributed by atoms with E-state index < -0.39 is 0 Å². The summed E-state index contributed by atoms with van der Waals surface area (Å²) in [6.45, 7) is 0.183. The second-order valence-electron chi connectivity index (χ2n) is 5.12. The average Bonchev–Trinajstić information content (AvgIpc) is 2.92. The number of ketones is 1. The van der Waals surface area contributed by atoms with Crippen LogP contribution in [0.3, 0.4) is 0 Å². The molecule has 0 radical (unpaired) electrons. The zero-order valence-electron chi connectivity index (χ0n) is 11.2. The van der Waals surface area contributed by atoms with Crippen LogP contribution in [0.4, 0.5) is 10.1 Å². The van der Waals surface area contributed by atoms with E-state index >= 15 is 0 Å². The molecule has 0 bridgehead atoms. The van der Waals surface area contributed by atoms with Crippen molar-refractivity contribution in [1.82, 2.24) is 0 Å². The highest BCUT2D eigenvalue weighted by molar-refractivity contribution is 5.99. The minimum atomic E-state index is -0.306. The molecule has 1 N–H and O–H groups in total. The van der Waals surface area contributed by atoms with Crippen LogP contribution in [-0.2, 0) is 12.8 Å². The second kappa shape index (κ2) is 5.45. The molecule has 0 heterocycles. The van der Waals surface area contributed by atoms with Gasteiger partial charge in [0.1, 0.15) is 5.82 Å². The zero-order chi connectivity index (χ0) is 13.9. The Hall–Kier alpha value is -2.16. The molecule has 0 fully saturated rings. The number of halogens is 1. The monoisotopic (exact) mass is 269 g/mol. The number of hydrogen-bond acceptors (Lipinski definition) is 2. The lowest BCUT2D eigenvalue weighted by atomic mass is 10.0. The lowest BCUT2D eigenvalue weighted by molar-refractivity contribution is 0.101. The van der Waals surface area contributed by atoms with Crippen molar-refractivity contribution >= 4 is 11.5 Å². The first-order valence-electron chi connectivity index (χ1n) is 6.87. The highest BCUT2D eigenvalue weighted by Crippen LogP contribution is 2.23. The number of Topliss-reactive ketones (excluding diaryl/α,β-unsaturated/α-hetero) is 1. The number of hydrogen-bond donors (Lipinski definition) is 1. The molecule has 3 heteroatoms. The van der Waals surface area contributed by atoms with Gasteiger partial charge in [0.05, 0.1) is 6.54 Å². The number of aryl methyl sites for hydroxylation is 2. The number of nitrogens with one attached hydrogen (secondary N) is 1. The maximum Gasteiger partial charge on any atom is 0.181 e. The molecule has 0 unspecified atom stereocenters. The largest absolute Gasteiger partial charge is 0.377 e. The third-order valence-corrected chi connectivity index (χ3v) is 3.70. The summed E-state index contributed by atoms with van der Waals surface area (Å²) in [7, 11) is 0. The Morgan fingerprint density at radius 1 is 1.10 bits per heavy atom. The molecule has 2 aromatic carbocycles. The van der Waals surface area contributed by atoms with E-state index in [0.717, 1.165) is 18.4 Å². The molecule has 0 spiro atoms. The van der Waals surface area contributed by atoms with Gasteiger partial charge in [0.2, 0.25) is 0 Å². The van der Waals surface area contributed by atoms with Gasteiger partial charge in [-0.25, -0.2) is 4.39 Å². The summed E-state index contributed by atoms with van der Waals surface area (Å²) in [5.74, 6) is -0.274. The first-order valence-corrected chi connectivity index (χ1v) is 6.87. The summed E-state index contributed by atoms with van der Waals surface area (Å²) in [5.41, 5.74) is 4.01. The van der Waals surface area contributed by atoms with Gasteiger partial charge in [-0.1, -0.05) is 18.2 Å². The smallest absolute Gasteiger partial charge is 0.181 e. The minimum absolute atomic E-state index is 0.0314. The van der Waals surface area contributed by atoms with Crippen LogP contribution in [0.15, 0.2) is 42.5 Å². The summed E-state index contributed by atoms with van der Waals surface area (Å²) in [6, 6.07) is 12.1. The Balaban J connectivity index is 1.67. The molecule has 0 amide bonds. The highest BCUT2D eigenvalue weighted by Gasteiger charge is 2.13. The summed E-state index contributed by atoms with van der Waals surface area (Å²) < 4.78 is 13.0. The molecule has 3 rings (SSSR count). The molecular formula is C17H16FNO. The Kier molecular flexibility index (Phi) is 3.50. The Bertz CT molecular complexity index is 651. The number of rotatable bonds is 4. The first kappa shape index (κ1) is 12.9. The molecule has 102 valence electrons. The van der Waals surface area contributed by atoms with E-state index in [0.29, 0.717) is 5.69 Å². The van der Waals surface area contributed by atoms with Gasteiger partial charge in [-0.15, -0.1) is 0 Å². The van der Waals surface area contributed by atoms with Crippen molar-refractivity contribution in [2.75, 3.05) is 11.9 Å². The Labute approximate surface area is 117 Å². The van der Waals surface area contributed by atoms with Crippen LogP contribution in [0.1, 0.15) is 27.9 Å². The number of fused-ring (bicyclic) bond motifs is 1. The molecule has 0 saturated carbocycles. The van der Waals surface area contributed by atoms with Gasteiger partial charge >= 0.3 is 0 Å².